The van der Waals surface area contributed by atoms with E-state index in [4.69, 9.17) is 5.11 Å². The molecule has 6 heteroatoms. The van der Waals surface area contributed by atoms with Gasteiger partial charge >= 0.3 is 5.97 Å². The molecular weight excluding hydrogens is 210 g/mol. The van der Waals surface area contributed by atoms with Crippen LogP contribution in [0.2, 0.25) is 0 Å². The van der Waals surface area contributed by atoms with E-state index in [1.54, 1.807) is 20.0 Å². The summed E-state index contributed by atoms with van der Waals surface area (Å²) in [4.78, 5) is 22.7. The van der Waals surface area contributed by atoms with Crippen molar-refractivity contribution in [1.29, 1.82) is 0 Å². The third kappa shape index (κ3) is 1.56. The molecule has 0 spiro atoms. The van der Waals surface area contributed by atoms with Crippen LogP contribution in [0.3, 0.4) is 0 Å². The van der Waals surface area contributed by atoms with Gasteiger partial charge in [-0.1, -0.05) is 13.8 Å². The van der Waals surface area contributed by atoms with Crippen LogP contribution in [0.25, 0.3) is 0 Å². The minimum atomic E-state index is -0.919. The third-order valence-corrected chi connectivity index (χ3v) is 3.14. The number of aromatic amines is 1. The third-order valence-electron chi connectivity index (χ3n) is 3.14. The molecule has 6 nitrogen and oxygen atoms in total. The second kappa shape index (κ2) is 3.33. The van der Waals surface area contributed by atoms with Gasteiger partial charge in [0.15, 0.2) is 0 Å². The van der Waals surface area contributed by atoms with E-state index < -0.39 is 23.2 Å². The van der Waals surface area contributed by atoms with Gasteiger partial charge in [0.25, 0.3) is 0 Å². The number of amides is 1. The predicted molar refractivity (Wildman–Crippen MR) is 55.6 cm³/mol. The molecule has 0 radical (unpaired) electrons. The first kappa shape index (κ1) is 10.7. The van der Waals surface area contributed by atoms with E-state index in [9.17, 15) is 9.59 Å². The first-order valence-electron chi connectivity index (χ1n) is 4.97. The highest BCUT2D eigenvalue weighted by atomic mass is 16.4. The smallest absolute Gasteiger partial charge is 0.307 e. The number of anilines is 1. The standard InChI is InChI=1S/C10H13N3O3/c1-10(2)6(7(10)9(15)16)8(14)13-5-3-11-12-4-5/h3-4,6-7H,1-2H3,(H,11,12)(H,13,14)(H,15,16)/t6-,7+/m1/s1. The zero-order valence-corrected chi connectivity index (χ0v) is 9.02. The molecule has 1 aromatic heterocycles. The zero-order valence-electron chi connectivity index (χ0n) is 9.02. The van der Waals surface area contributed by atoms with E-state index in [0.29, 0.717) is 5.69 Å². The molecule has 2 rings (SSSR count). The Morgan fingerprint density at radius 3 is 2.62 bits per heavy atom. The summed E-state index contributed by atoms with van der Waals surface area (Å²) in [5.74, 6) is -2.25. The molecule has 1 saturated carbocycles. The quantitative estimate of drug-likeness (QED) is 0.703. The Balaban J connectivity index is 2.05. The van der Waals surface area contributed by atoms with Gasteiger partial charge in [0.2, 0.25) is 5.91 Å². The topological polar surface area (TPSA) is 95.1 Å². The van der Waals surface area contributed by atoms with Gasteiger partial charge in [-0.05, 0) is 5.41 Å². The van der Waals surface area contributed by atoms with E-state index >= 15 is 0 Å². The van der Waals surface area contributed by atoms with Gasteiger partial charge in [-0.15, -0.1) is 0 Å². The van der Waals surface area contributed by atoms with Crippen molar-refractivity contribution < 1.29 is 14.7 Å². The summed E-state index contributed by atoms with van der Waals surface area (Å²) < 4.78 is 0. The number of carboxylic acids is 1. The maximum atomic E-state index is 11.8. The maximum absolute atomic E-state index is 11.8. The zero-order chi connectivity index (χ0) is 11.9. The van der Waals surface area contributed by atoms with Gasteiger partial charge in [0.05, 0.1) is 23.7 Å². The van der Waals surface area contributed by atoms with Crippen molar-refractivity contribution in [1.82, 2.24) is 10.2 Å². The van der Waals surface area contributed by atoms with Crippen LogP contribution in [0.1, 0.15) is 13.8 Å². The van der Waals surface area contributed by atoms with Crippen LogP contribution < -0.4 is 5.32 Å². The summed E-state index contributed by atoms with van der Waals surface area (Å²) in [6.07, 6.45) is 3.02. The Kier molecular flexibility index (Phi) is 2.22. The maximum Gasteiger partial charge on any atom is 0.307 e. The number of carbonyl (C=O) groups is 2. The first-order valence-corrected chi connectivity index (χ1v) is 4.97. The molecule has 16 heavy (non-hydrogen) atoms. The summed E-state index contributed by atoms with van der Waals surface area (Å²) >= 11 is 0. The Labute approximate surface area is 92.0 Å². The molecule has 0 saturated heterocycles. The average Bonchev–Trinajstić information content (AvgIpc) is 2.58. The Morgan fingerprint density at radius 2 is 2.19 bits per heavy atom. The number of rotatable bonds is 3. The number of nitrogens with one attached hydrogen (secondary N) is 2. The lowest BCUT2D eigenvalue weighted by Gasteiger charge is -2.02. The van der Waals surface area contributed by atoms with Gasteiger partial charge in [0.1, 0.15) is 0 Å². The Bertz CT molecular complexity index is 425. The van der Waals surface area contributed by atoms with Gasteiger partial charge in [-0.25, -0.2) is 0 Å². The van der Waals surface area contributed by atoms with Gasteiger partial charge < -0.3 is 10.4 Å². The first-order chi connectivity index (χ1) is 7.44. The van der Waals surface area contributed by atoms with Crippen LogP contribution in [0, 0.1) is 17.3 Å². The van der Waals surface area contributed by atoms with E-state index in [2.05, 4.69) is 15.5 Å². The molecule has 0 unspecified atom stereocenters. The monoisotopic (exact) mass is 223 g/mol. The number of carboxylic acid groups (broad SMARTS) is 1. The van der Waals surface area contributed by atoms with E-state index in [-0.39, 0.29) is 5.91 Å². The van der Waals surface area contributed by atoms with E-state index in [0.717, 1.165) is 0 Å². The molecule has 1 heterocycles. The SMILES string of the molecule is CC1(C)[C@H](C(=O)O)[C@@H]1C(=O)Nc1cn[nH]c1. The molecule has 1 aromatic rings. The summed E-state index contributed by atoms with van der Waals surface area (Å²) in [7, 11) is 0. The molecule has 0 aromatic carbocycles. The highest BCUT2D eigenvalue weighted by Crippen LogP contribution is 2.58. The van der Waals surface area contributed by atoms with Crippen LogP contribution in [0.4, 0.5) is 5.69 Å². The number of aliphatic carboxylic acids is 1. The van der Waals surface area contributed by atoms with Crippen molar-refractivity contribution in [2.75, 3.05) is 5.32 Å². The summed E-state index contributed by atoms with van der Waals surface area (Å²) in [5, 5.41) is 17.8. The van der Waals surface area contributed by atoms with Crippen LogP contribution in [-0.4, -0.2) is 27.2 Å². The van der Waals surface area contributed by atoms with Crippen molar-refractivity contribution >= 4 is 17.6 Å². The lowest BCUT2D eigenvalue weighted by atomic mass is 10.1. The van der Waals surface area contributed by atoms with Crippen molar-refractivity contribution in [2.45, 2.75) is 13.8 Å². The van der Waals surface area contributed by atoms with Crippen LogP contribution in [0.5, 0.6) is 0 Å². The van der Waals surface area contributed by atoms with Crippen LogP contribution in [-0.2, 0) is 9.59 Å². The highest BCUT2D eigenvalue weighted by Gasteiger charge is 2.65. The Hall–Kier alpha value is -1.85. The van der Waals surface area contributed by atoms with Gasteiger partial charge in [-0.2, -0.15) is 5.10 Å². The number of aromatic nitrogens is 2. The average molecular weight is 223 g/mol. The number of hydrogen-bond acceptors (Lipinski definition) is 3. The fourth-order valence-electron chi connectivity index (χ4n) is 2.13. The number of H-pyrrole nitrogens is 1. The predicted octanol–water partition coefficient (Wildman–Crippen LogP) is 0.705. The van der Waals surface area contributed by atoms with Crippen LogP contribution >= 0.6 is 0 Å². The van der Waals surface area contributed by atoms with Gasteiger partial charge in [0, 0.05) is 6.20 Å². The lowest BCUT2D eigenvalue weighted by molar-refractivity contribution is -0.140. The lowest BCUT2D eigenvalue weighted by Crippen LogP contribution is -2.17. The van der Waals surface area contributed by atoms with Crippen molar-refractivity contribution in [3.63, 3.8) is 0 Å². The molecule has 86 valence electrons. The summed E-state index contributed by atoms with van der Waals surface area (Å²) in [6, 6.07) is 0. The molecule has 0 bridgehead atoms. The highest BCUT2D eigenvalue weighted by molar-refractivity contribution is 5.99. The van der Waals surface area contributed by atoms with Crippen molar-refractivity contribution in [3.05, 3.63) is 12.4 Å². The van der Waals surface area contributed by atoms with E-state index in [1.165, 1.54) is 6.20 Å². The normalized spacial score (nSPS) is 26.1. The van der Waals surface area contributed by atoms with Crippen LogP contribution in [0.15, 0.2) is 12.4 Å². The molecule has 1 amide bonds. The second-order valence-electron chi connectivity index (χ2n) is 4.59. The molecule has 2 atom stereocenters. The largest absolute Gasteiger partial charge is 0.481 e. The molecular formula is C10H13N3O3. The molecule has 1 fully saturated rings. The number of carbonyl (C=O) groups excluding carboxylic acids is 1. The molecule has 1 aliphatic carbocycles. The minimum absolute atomic E-state index is 0.265. The second-order valence-corrected chi connectivity index (χ2v) is 4.59. The van der Waals surface area contributed by atoms with E-state index in [1.807, 2.05) is 0 Å². The van der Waals surface area contributed by atoms with Crippen molar-refractivity contribution in [2.24, 2.45) is 17.3 Å². The van der Waals surface area contributed by atoms with Crippen molar-refractivity contribution in [3.8, 4) is 0 Å². The number of nitrogens with zero attached hydrogens (tertiary/aromatic N) is 1. The molecule has 3 N–H and O–H groups in total. The molecule has 0 aliphatic heterocycles. The minimum Gasteiger partial charge on any atom is -0.481 e. The molecule has 1 aliphatic rings. The Morgan fingerprint density at radius 1 is 1.50 bits per heavy atom. The summed E-state index contributed by atoms with van der Waals surface area (Å²) in [6.45, 7) is 3.57. The summed E-state index contributed by atoms with van der Waals surface area (Å²) in [5.41, 5.74) is 0.0801. The van der Waals surface area contributed by atoms with Gasteiger partial charge in [-0.3, -0.25) is 14.7 Å². The fraction of sp³-hybridized carbons (Fsp3) is 0.500. The number of hydrogen-bond donors (Lipinski definition) is 3. The fourth-order valence-corrected chi connectivity index (χ4v) is 2.13.